The molecular formula is C25H26F4N4O. The number of nitrogens with zero attached hydrogens (tertiary/aromatic N) is 2. The van der Waals surface area contributed by atoms with Crippen molar-refractivity contribution < 1.29 is 22.4 Å². The minimum atomic E-state index is -4.81. The maximum absolute atomic E-state index is 13.6. The zero-order valence-electron chi connectivity index (χ0n) is 18.6. The number of aromatic nitrogens is 1. The summed E-state index contributed by atoms with van der Waals surface area (Å²) >= 11 is 0. The molecule has 4 rings (SSSR count). The number of carbonyl (C=O) groups excluding carboxylic acids is 1. The van der Waals surface area contributed by atoms with Gasteiger partial charge in [0.05, 0.1) is 5.56 Å². The Hall–Kier alpha value is -3.20. The van der Waals surface area contributed by atoms with Gasteiger partial charge < -0.3 is 15.5 Å². The lowest BCUT2D eigenvalue weighted by atomic mass is 10.1. The van der Waals surface area contributed by atoms with Crippen LogP contribution >= 0.6 is 0 Å². The fourth-order valence-corrected chi connectivity index (χ4v) is 4.17. The number of halogens is 4. The SMILES string of the molecule is O=C(CCCN1CCCCC1)Nc1ccc2ccnc(Nc3ccc(F)c(C(F)(F)F)c3)c2c1. The van der Waals surface area contributed by atoms with Crippen LogP contribution in [-0.4, -0.2) is 35.4 Å². The van der Waals surface area contributed by atoms with Gasteiger partial charge in [-0.2, -0.15) is 13.2 Å². The molecule has 1 aliphatic rings. The lowest BCUT2D eigenvalue weighted by Gasteiger charge is -2.26. The predicted molar refractivity (Wildman–Crippen MR) is 125 cm³/mol. The van der Waals surface area contributed by atoms with Crippen molar-refractivity contribution in [1.29, 1.82) is 0 Å². The van der Waals surface area contributed by atoms with Gasteiger partial charge in [0.1, 0.15) is 11.6 Å². The Morgan fingerprint density at radius 2 is 1.76 bits per heavy atom. The zero-order valence-corrected chi connectivity index (χ0v) is 18.6. The highest BCUT2D eigenvalue weighted by Crippen LogP contribution is 2.34. The molecule has 1 fully saturated rings. The highest BCUT2D eigenvalue weighted by Gasteiger charge is 2.34. The third-order valence-corrected chi connectivity index (χ3v) is 5.91. The van der Waals surface area contributed by atoms with E-state index in [9.17, 15) is 22.4 Å². The van der Waals surface area contributed by atoms with Crippen molar-refractivity contribution in [1.82, 2.24) is 9.88 Å². The number of alkyl halides is 3. The van der Waals surface area contributed by atoms with E-state index in [1.165, 1.54) is 31.5 Å². The monoisotopic (exact) mass is 474 g/mol. The Balaban J connectivity index is 1.46. The van der Waals surface area contributed by atoms with Gasteiger partial charge in [0.15, 0.2) is 0 Å². The summed E-state index contributed by atoms with van der Waals surface area (Å²) in [5, 5.41) is 7.14. The smallest absolute Gasteiger partial charge is 0.340 e. The lowest BCUT2D eigenvalue weighted by Crippen LogP contribution is -2.31. The normalized spacial score (nSPS) is 14.8. The summed E-state index contributed by atoms with van der Waals surface area (Å²) in [5.74, 6) is -1.13. The van der Waals surface area contributed by atoms with E-state index in [1.54, 1.807) is 24.3 Å². The van der Waals surface area contributed by atoms with E-state index in [0.717, 1.165) is 37.5 Å². The second-order valence-corrected chi connectivity index (χ2v) is 8.47. The standard InChI is InChI=1S/C25H26F4N4O/c26-22-9-8-19(16-21(22)25(27,28)29)32-24-20-15-18(7-6-17(20)10-11-30-24)31-23(34)5-4-14-33-12-2-1-3-13-33/h6-11,15-16H,1-5,12-14H2,(H,30,32)(H,31,34). The summed E-state index contributed by atoms with van der Waals surface area (Å²) in [6.45, 7) is 3.09. The third-order valence-electron chi connectivity index (χ3n) is 5.91. The number of rotatable bonds is 7. The van der Waals surface area contributed by atoms with Crippen LogP contribution in [0, 0.1) is 5.82 Å². The number of benzene rings is 2. The number of piperidine rings is 1. The molecule has 9 heteroatoms. The largest absolute Gasteiger partial charge is 0.419 e. The molecule has 0 spiro atoms. The molecule has 0 radical (unpaired) electrons. The molecule has 2 aromatic carbocycles. The topological polar surface area (TPSA) is 57.3 Å². The van der Waals surface area contributed by atoms with Gasteiger partial charge in [-0.3, -0.25) is 4.79 Å². The number of nitrogens with one attached hydrogen (secondary N) is 2. The van der Waals surface area contributed by atoms with Crippen LogP contribution in [0.15, 0.2) is 48.7 Å². The molecule has 1 saturated heterocycles. The molecule has 1 aliphatic heterocycles. The summed E-state index contributed by atoms with van der Waals surface area (Å²) in [7, 11) is 0. The molecule has 5 nitrogen and oxygen atoms in total. The van der Waals surface area contributed by atoms with E-state index in [0.29, 0.717) is 29.4 Å². The number of likely N-dealkylation sites (tertiary alicyclic amines) is 1. The van der Waals surface area contributed by atoms with Gasteiger partial charge in [-0.25, -0.2) is 9.37 Å². The summed E-state index contributed by atoms with van der Waals surface area (Å²) in [6, 6.07) is 9.76. The van der Waals surface area contributed by atoms with E-state index >= 15 is 0 Å². The van der Waals surface area contributed by atoms with Crippen LogP contribution in [0.2, 0.25) is 0 Å². The van der Waals surface area contributed by atoms with Gasteiger partial charge >= 0.3 is 6.18 Å². The average Bonchev–Trinajstić information content (AvgIpc) is 2.80. The molecular weight excluding hydrogens is 448 g/mol. The van der Waals surface area contributed by atoms with E-state index < -0.39 is 17.6 Å². The van der Waals surface area contributed by atoms with Crippen molar-refractivity contribution in [2.75, 3.05) is 30.3 Å². The van der Waals surface area contributed by atoms with E-state index in [1.807, 2.05) is 0 Å². The molecule has 0 bridgehead atoms. The predicted octanol–water partition coefficient (Wildman–Crippen LogP) is 6.34. The van der Waals surface area contributed by atoms with Crippen LogP contribution in [0.25, 0.3) is 10.8 Å². The first-order valence-corrected chi connectivity index (χ1v) is 11.3. The van der Waals surface area contributed by atoms with Crippen molar-refractivity contribution in [2.45, 2.75) is 38.3 Å². The fraction of sp³-hybridized carbons (Fsp3) is 0.360. The minimum absolute atomic E-state index is 0.0564. The average molecular weight is 475 g/mol. The second-order valence-electron chi connectivity index (χ2n) is 8.47. The Kier molecular flexibility index (Phi) is 7.31. The summed E-state index contributed by atoms with van der Waals surface area (Å²) in [6.07, 6.45) is 1.60. The molecule has 2 N–H and O–H groups in total. The molecule has 0 atom stereocenters. The van der Waals surface area contributed by atoms with Crippen molar-refractivity contribution in [3.05, 3.63) is 60.0 Å². The Morgan fingerprint density at radius 3 is 2.53 bits per heavy atom. The fourth-order valence-electron chi connectivity index (χ4n) is 4.17. The molecule has 3 aromatic rings. The van der Waals surface area contributed by atoms with Gasteiger partial charge in [0.25, 0.3) is 0 Å². The van der Waals surface area contributed by atoms with Crippen molar-refractivity contribution in [3.8, 4) is 0 Å². The van der Waals surface area contributed by atoms with Crippen LogP contribution in [0.1, 0.15) is 37.7 Å². The molecule has 1 amide bonds. The maximum Gasteiger partial charge on any atom is 0.419 e. The second kappa shape index (κ2) is 10.4. The number of amides is 1. The van der Waals surface area contributed by atoms with Crippen molar-refractivity contribution in [3.63, 3.8) is 0 Å². The van der Waals surface area contributed by atoms with Crippen LogP contribution in [-0.2, 0) is 11.0 Å². The number of pyridine rings is 1. The molecule has 0 saturated carbocycles. The van der Waals surface area contributed by atoms with Crippen LogP contribution < -0.4 is 10.6 Å². The highest BCUT2D eigenvalue weighted by molar-refractivity contribution is 5.98. The number of fused-ring (bicyclic) bond motifs is 1. The molecule has 2 heterocycles. The Bertz CT molecular complexity index is 1160. The number of anilines is 3. The van der Waals surface area contributed by atoms with Crippen molar-refractivity contribution in [2.24, 2.45) is 0 Å². The highest BCUT2D eigenvalue weighted by atomic mass is 19.4. The zero-order chi connectivity index (χ0) is 24.1. The van der Waals surface area contributed by atoms with Crippen LogP contribution in [0.5, 0.6) is 0 Å². The van der Waals surface area contributed by atoms with E-state index in [4.69, 9.17) is 0 Å². The first kappa shape index (κ1) is 23.9. The minimum Gasteiger partial charge on any atom is -0.340 e. The van der Waals surface area contributed by atoms with Crippen molar-refractivity contribution >= 4 is 33.9 Å². The van der Waals surface area contributed by atoms with Crippen LogP contribution in [0.3, 0.4) is 0 Å². The first-order valence-electron chi connectivity index (χ1n) is 11.3. The molecule has 0 aliphatic carbocycles. The van der Waals surface area contributed by atoms with E-state index in [-0.39, 0.29) is 11.6 Å². The summed E-state index contributed by atoms with van der Waals surface area (Å²) in [4.78, 5) is 19.0. The first-order chi connectivity index (χ1) is 16.3. The Morgan fingerprint density at radius 1 is 1.00 bits per heavy atom. The maximum atomic E-state index is 13.6. The number of hydrogen-bond donors (Lipinski definition) is 2. The number of hydrogen-bond acceptors (Lipinski definition) is 4. The molecule has 34 heavy (non-hydrogen) atoms. The number of carbonyl (C=O) groups is 1. The lowest BCUT2D eigenvalue weighted by molar-refractivity contribution is -0.139. The van der Waals surface area contributed by atoms with Crippen LogP contribution in [0.4, 0.5) is 34.8 Å². The Labute approximate surface area is 195 Å². The van der Waals surface area contributed by atoms with Gasteiger partial charge in [-0.05, 0) is 80.7 Å². The quantitative estimate of drug-likeness (QED) is 0.392. The third kappa shape index (κ3) is 6.02. The molecule has 1 aromatic heterocycles. The summed E-state index contributed by atoms with van der Waals surface area (Å²) in [5.41, 5.74) is -0.724. The summed E-state index contributed by atoms with van der Waals surface area (Å²) < 4.78 is 52.8. The van der Waals surface area contributed by atoms with E-state index in [2.05, 4.69) is 20.5 Å². The van der Waals surface area contributed by atoms with Gasteiger partial charge in [0, 0.05) is 29.4 Å². The van der Waals surface area contributed by atoms with Gasteiger partial charge in [-0.15, -0.1) is 0 Å². The molecule has 180 valence electrons. The van der Waals surface area contributed by atoms with Gasteiger partial charge in [0.2, 0.25) is 5.91 Å². The molecule has 0 unspecified atom stereocenters. The van der Waals surface area contributed by atoms with Gasteiger partial charge in [-0.1, -0.05) is 12.5 Å².